The molecule has 24 heavy (non-hydrogen) atoms. The average molecular weight is 342 g/mol. The Hall–Kier alpha value is -2.40. The molecule has 1 heterocycles. The molecule has 0 radical (unpaired) electrons. The molecule has 0 aliphatic rings. The monoisotopic (exact) mass is 342 g/mol. The molecule has 3 nitrogen and oxygen atoms in total. The maximum absolute atomic E-state index is 12.8. The lowest BCUT2D eigenvalue weighted by atomic mass is 10.1. The van der Waals surface area contributed by atoms with E-state index in [2.05, 4.69) is 28.1 Å². The molecule has 2 amide bonds. The molecular weight excluding hydrogens is 323 g/mol. The zero-order chi connectivity index (χ0) is 16.8. The predicted octanol–water partition coefficient (Wildman–Crippen LogP) is 4.12. The minimum Gasteiger partial charge on any atom is -0.338 e. The number of carbonyl (C=O) groups excluding carboxylic acids is 1. The summed E-state index contributed by atoms with van der Waals surface area (Å²) >= 11 is 1.73. The highest BCUT2D eigenvalue weighted by molar-refractivity contribution is 7.17. The molecule has 5 heteroatoms. The highest BCUT2D eigenvalue weighted by atomic mass is 32.1. The van der Waals surface area contributed by atoms with Crippen LogP contribution in [0.25, 0.3) is 10.1 Å². The van der Waals surface area contributed by atoms with Crippen LogP contribution >= 0.6 is 11.3 Å². The summed E-state index contributed by atoms with van der Waals surface area (Å²) in [5.41, 5.74) is 2.27. The second kappa shape index (κ2) is 7.93. The predicted molar refractivity (Wildman–Crippen MR) is 97.0 cm³/mol. The first-order valence-corrected chi connectivity index (χ1v) is 8.81. The van der Waals surface area contributed by atoms with Crippen molar-refractivity contribution in [2.75, 3.05) is 13.1 Å². The van der Waals surface area contributed by atoms with E-state index in [1.54, 1.807) is 23.5 Å². The minimum atomic E-state index is -0.245. The zero-order valence-corrected chi connectivity index (χ0v) is 14.0. The number of fused-ring (bicyclic) bond motifs is 1. The highest BCUT2D eigenvalue weighted by Crippen LogP contribution is 2.25. The van der Waals surface area contributed by atoms with Crippen LogP contribution in [-0.4, -0.2) is 19.1 Å². The topological polar surface area (TPSA) is 41.1 Å². The Kier molecular flexibility index (Phi) is 5.43. The summed E-state index contributed by atoms with van der Waals surface area (Å²) in [6.07, 6.45) is 1.50. The molecule has 0 bridgehead atoms. The molecule has 0 spiro atoms. The van der Waals surface area contributed by atoms with Gasteiger partial charge in [0.15, 0.2) is 0 Å². The van der Waals surface area contributed by atoms with Crippen LogP contribution in [0, 0.1) is 5.82 Å². The Balaban J connectivity index is 1.39. The summed E-state index contributed by atoms with van der Waals surface area (Å²) < 4.78 is 14.1. The second-order valence-electron chi connectivity index (χ2n) is 5.57. The van der Waals surface area contributed by atoms with Gasteiger partial charge in [0.05, 0.1) is 0 Å². The standard InChI is InChI=1S/C19H19FN2OS/c20-16-7-5-14(6-8-16)9-11-21-19(23)22-12-10-15-13-24-18-4-2-1-3-17(15)18/h1-8,13H,9-12H2,(H2,21,22,23). The third-order valence-corrected chi connectivity index (χ3v) is 4.87. The molecule has 1 aromatic heterocycles. The van der Waals surface area contributed by atoms with E-state index in [0.29, 0.717) is 19.5 Å². The summed E-state index contributed by atoms with van der Waals surface area (Å²) in [5, 5.41) is 9.11. The van der Waals surface area contributed by atoms with E-state index >= 15 is 0 Å². The van der Waals surface area contributed by atoms with Gasteiger partial charge in [-0.25, -0.2) is 9.18 Å². The number of thiophene rings is 1. The van der Waals surface area contributed by atoms with Gasteiger partial charge in [-0.15, -0.1) is 11.3 Å². The van der Waals surface area contributed by atoms with Gasteiger partial charge in [0.2, 0.25) is 0 Å². The van der Waals surface area contributed by atoms with E-state index in [-0.39, 0.29) is 11.8 Å². The summed E-state index contributed by atoms with van der Waals surface area (Å²) in [6.45, 7) is 1.13. The van der Waals surface area contributed by atoms with E-state index < -0.39 is 0 Å². The van der Waals surface area contributed by atoms with Crippen LogP contribution in [0.3, 0.4) is 0 Å². The van der Waals surface area contributed by atoms with Gasteiger partial charge < -0.3 is 10.6 Å². The molecule has 124 valence electrons. The zero-order valence-electron chi connectivity index (χ0n) is 13.2. The summed E-state index contributed by atoms with van der Waals surface area (Å²) in [4.78, 5) is 11.8. The number of amides is 2. The largest absolute Gasteiger partial charge is 0.338 e. The van der Waals surface area contributed by atoms with E-state index in [4.69, 9.17) is 0 Å². The number of urea groups is 1. The van der Waals surface area contributed by atoms with Crippen LogP contribution in [0.4, 0.5) is 9.18 Å². The van der Waals surface area contributed by atoms with Gasteiger partial charge in [0.25, 0.3) is 0 Å². The number of hydrogen-bond donors (Lipinski definition) is 2. The van der Waals surface area contributed by atoms with Crippen molar-refractivity contribution in [3.63, 3.8) is 0 Å². The number of carbonyl (C=O) groups is 1. The molecule has 0 atom stereocenters. The molecule has 2 N–H and O–H groups in total. The van der Waals surface area contributed by atoms with E-state index in [9.17, 15) is 9.18 Å². The molecule has 0 saturated carbocycles. The Morgan fingerprint density at radius 2 is 1.67 bits per heavy atom. The van der Waals surface area contributed by atoms with Gasteiger partial charge >= 0.3 is 6.03 Å². The van der Waals surface area contributed by atoms with Crippen molar-refractivity contribution < 1.29 is 9.18 Å². The first kappa shape index (κ1) is 16.5. The van der Waals surface area contributed by atoms with Crippen molar-refractivity contribution in [2.24, 2.45) is 0 Å². The van der Waals surface area contributed by atoms with Gasteiger partial charge in [-0.1, -0.05) is 30.3 Å². The Labute approximate surface area is 144 Å². The number of benzene rings is 2. The average Bonchev–Trinajstić information content (AvgIpc) is 3.00. The molecule has 3 aromatic rings. The lowest BCUT2D eigenvalue weighted by Crippen LogP contribution is -2.37. The van der Waals surface area contributed by atoms with Gasteiger partial charge in [-0.3, -0.25) is 0 Å². The Morgan fingerprint density at radius 1 is 0.958 bits per heavy atom. The number of rotatable bonds is 6. The van der Waals surface area contributed by atoms with Crippen molar-refractivity contribution >= 4 is 27.5 Å². The van der Waals surface area contributed by atoms with E-state index in [1.165, 1.54) is 27.8 Å². The number of hydrogen-bond acceptors (Lipinski definition) is 2. The van der Waals surface area contributed by atoms with Crippen molar-refractivity contribution in [3.8, 4) is 0 Å². The quantitative estimate of drug-likeness (QED) is 0.695. The van der Waals surface area contributed by atoms with E-state index in [1.807, 2.05) is 12.1 Å². The first-order chi connectivity index (χ1) is 11.7. The fraction of sp³-hybridized carbons (Fsp3) is 0.211. The fourth-order valence-corrected chi connectivity index (χ4v) is 3.57. The van der Waals surface area contributed by atoms with Crippen LogP contribution in [0.15, 0.2) is 53.9 Å². The van der Waals surface area contributed by atoms with Gasteiger partial charge in [0.1, 0.15) is 5.82 Å². The first-order valence-electron chi connectivity index (χ1n) is 7.93. The highest BCUT2D eigenvalue weighted by Gasteiger charge is 2.04. The molecule has 0 unspecified atom stereocenters. The molecule has 0 aliphatic heterocycles. The molecule has 0 aliphatic carbocycles. The Morgan fingerprint density at radius 3 is 2.46 bits per heavy atom. The van der Waals surface area contributed by atoms with Crippen LogP contribution in [0.5, 0.6) is 0 Å². The summed E-state index contributed by atoms with van der Waals surface area (Å²) in [5.74, 6) is -0.245. The van der Waals surface area contributed by atoms with Crippen LogP contribution in [0.2, 0.25) is 0 Å². The van der Waals surface area contributed by atoms with Crippen LogP contribution < -0.4 is 10.6 Å². The molecule has 3 rings (SSSR count). The van der Waals surface area contributed by atoms with Crippen molar-refractivity contribution in [1.29, 1.82) is 0 Å². The maximum atomic E-state index is 12.8. The van der Waals surface area contributed by atoms with Crippen molar-refractivity contribution in [2.45, 2.75) is 12.8 Å². The molecule has 2 aromatic carbocycles. The van der Waals surface area contributed by atoms with Crippen LogP contribution in [-0.2, 0) is 12.8 Å². The van der Waals surface area contributed by atoms with Crippen LogP contribution in [0.1, 0.15) is 11.1 Å². The fourth-order valence-electron chi connectivity index (χ4n) is 2.57. The number of halogens is 1. The SMILES string of the molecule is O=C(NCCc1ccc(F)cc1)NCCc1csc2ccccc12. The van der Waals surface area contributed by atoms with E-state index in [0.717, 1.165) is 12.0 Å². The van der Waals surface area contributed by atoms with Crippen molar-refractivity contribution in [1.82, 2.24) is 10.6 Å². The third kappa shape index (κ3) is 4.32. The maximum Gasteiger partial charge on any atom is 0.314 e. The van der Waals surface area contributed by atoms with Gasteiger partial charge in [-0.2, -0.15) is 0 Å². The second-order valence-corrected chi connectivity index (χ2v) is 6.48. The lowest BCUT2D eigenvalue weighted by molar-refractivity contribution is 0.241. The third-order valence-electron chi connectivity index (χ3n) is 3.85. The molecular formula is C19H19FN2OS. The van der Waals surface area contributed by atoms with Crippen molar-refractivity contribution in [3.05, 3.63) is 70.9 Å². The summed E-state index contributed by atoms with van der Waals surface area (Å²) in [6, 6.07) is 14.5. The normalized spacial score (nSPS) is 10.7. The molecule has 0 saturated heterocycles. The summed E-state index contributed by atoms with van der Waals surface area (Å²) in [7, 11) is 0. The van der Waals surface area contributed by atoms with Gasteiger partial charge in [0, 0.05) is 17.8 Å². The minimum absolute atomic E-state index is 0.170. The smallest absolute Gasteiger partial charge is 0.314 e. The lowest BCUT2D eigenvalue weighted by Gasteiger charge is -2.07. The Bertz CT molecular complexity index is 814. The molecule has 0 fully saturated rings. The number of nitrogens with one attached hydrogen (secondary N) is 2. The van der Waals surface area contributed by atoms with Gasteiger partial charge in [-0.05, 0) is 52.9 Å².